The lowest BCUT2D eigenvalue weighted by atomic mass is 9.95. The first-order valence-corrected chi connectivity index (χ1v) is 12.2. The number of amides is 1. The SMILES string of the molecule is CCCOc1cccc([C@H]2/C(=C(\O)c3ccc(OCC)cc3)C(=O)C(=O)N2CCCn2ccnc2)c1. The molecule has 1 N–H and O–H groups in total. The molecule has 1 aromatic heterocycles. The molecule has 0 unspecified atom stereocenters. The third kappa shape index (κ3) is 5.43. The van der Waals surface area contributed by atoms with Crippen LogP contribution in [0.1, 0.15) is 43.9 Å². The molecule has 3 aromatic rings. The number of carbonyl (C=O) groups is 2. The first kappa shape index (κ1) is 25.0. The average Bonchev–Trinajstić information content (AvgIpc) is 3.50. The molecule has 4 rings (SSSR count). The van der Waals surface area contributed by atoms with E-state index in [1.807, 2.05) is 48.9 Å². The first-order valence-electron chi connectivity index (χ1n) is 12.2. The Bertz CT molecular complexity index is 1220. The second-order valence-electron chi connectivity index (χ2n) is 8.52. The van der Waals surface area contributed by atoms with Crippen molar-refractivity contribution in [3.8, 4) is 11.5 Å². The van der Waals surface area contributed by atoms with Gasteiger partial charge in [0.1, 0.15) is 17.3 Å². The molecule has 1 saturated heterocycles. The second-order valence-corrected chi connectivity index (χ2v) is 8.52. The molecule has 1 atom stereocenters. The number of ketones is 1. The van der Waals surface area contributed by atoms with E-state index in [-0.39, 0.29) is 11.3 Å². The molecule has 0 radical (unpaired) electrons. The highest BCUT2D eigenvalue weighted by atomic mass is 16.5. The van der Waals surface area contributed by atoms with Crippen LogP contribution in [-0.2, 0) is 16.1 Å². The van der Waals surface area contributed by atoms with Gasteiger partial charge in [0.25, 0.3) is 11.7 Å². The van der Waals surface area contributed by atoms with Gasteiger partial charge in [0.15, 0.2) is 0 Å². The van der Waals surface area contributed by atoms with Crippen molar-refractivity contribution < 1.29 is 24.2 Å². The van der Waals surface area contributed by atoms with Gasteiger partial charge in [-0.2, -0.15) is 0 Å². The number of likely N-dealkylation sites (tertiary alicyclic amines) is 1. The van der Waals surface area contributed by atoms with Crippen LogP contribution in [0, 0.1) is 0 Å². The van der Waals surface area contributed by atoms with Crippen molar-refractivity contribution in [2.75, 3.05) is 19.8 Å². The number of Topliss-reactive ketones (excluding diaryl/α,β-unsaturated/α-hetero) is 1. The number of imidazole rings is 1. The van der Waals surface area contributed by atoms with Crippen LogP contribution < -0.4 is 9.47 Å². The molecule has 0 spiro atoms. The minimum atomic E-state index is -0.732. The van der Waals surface area contributed by atoms with Gasteiger partial charge in [-0.05, 0) is 61.7 Å². The van der Waals surface area contributed by atoms with Crippen molar-refractivity contribution in [3.05, 3.63) is 84.0 Å². The van der Waals surface area contributed by atoms with E-state index in [2.05, 4.69) is 4.98 Å². The Labute approximate surface area is 210 Å². The average molecular weight is 490 g/mol. The molecule has 188 valence electrons. The Morgan fingerprint density at radius 3 is 2.53 bits per heavy atom. The monoisotopic (exact) mass is 489 g/mol. The van der Waals surface area contributed by atoms with Gasteiger partial charge in [0.05, 0.1) is 31.2 Å². The summed E-state index contributed by atoms with van der Waals surface area (Å²) in [5, 5.41) is 11.3. The highest BCUT2D eigenvalue weighted by Crippen LogP contribution is 2.40. The van der Waals surface area contributed by atoms with Crippen molar-refractivity contribution in [2.45, 2.75) is 39.3 Å². The number of rotatable bonds is 11. The molecule has 1 amide bonds. The Balaban J connectivity index is 1.71. The molecular formula is C28H31N3O5. The summed E-state index contributed by atoms with van der Waals surface area (Å²) in [6.07, 6.45) is 6.74. The Hall–Kier alpha value is -4.07. The van der Waals surface area contributed by atoms with Gasteiger partial charge in [-0.25, -0.2) is 4.98 Å². The zero-order chi connectivity index (χ0) is 25.5. The summed E-state index contributed by atoms with van der Waals surface area (Å²) in [6.45, 7) is 5.98. The van der Waals surface area contributed by atoms with Crippen molar-refractivity contribution in [1.82, 2.24) is 14.5 Å². The molecule has 0 saturated carbocycles. The van der Waals surface area contributed by atoms with Crippen molar-refractivity contribution in [2.24, 2.45) is 0 Å². The van der Waals surface area contributed by atoms with Crippen molar-refractivity contribution >= 4 is 17.4 Å². The van der Waals surface area contributed by atoms with Gasteiger partial charge in [-0.15, -0.1) is 0 Å². The molecular weight excluding hydrogens is 458 g/mol. The number of aliphatic hydroxyl groups excluding tert-OH is 1. The van der Waals surface area contributed by atoms with Crippen LogP contribution in [0.3, 0.4) is 0 Å². The van der Waals surface area contributed by atoms with Gasteiger partial charge >= 0.3 is 0 Å². The number of nitrogens with zero attached hydrogens (tertiary/aromatic N) is 3. The Morgan fingerprint density at radius 1 is 1.03 bits per heavy atom. The van der Waals surface area contributed by atoms with Gasteiger partial charge in [0, 0.05) is 31.0 Å². The fourth-order valence-corrected chi connectivity index (χ4v) is 4.33. The molecule has 8 nitrogen and oxygen atoms in total. The molecule has 1 aliphatic rings. The van der Waals surface area contributed by atoms with Crippen LogP contribution in [0.25, 0.3) is 5.76 Å². The molecule has 36 heavy (non-hydrogen) atoms. The highest BCUT2D eigenvalue weighted by molar-refractivity contribution is 6.46. The van der Waals surface area contributed by atoms with Crippen LogP contribution in [0.15, 0.2) is 72.8 Å². The number of benzene rings is 2. The number of carbonyl (C=O) groups excluding carboxylic acids is 2. The van der Waals surface area contributed by atoms with Crippen LogP contribution in [0.4, 0.5) is 0 Å². The van der Waals surface area contributed by atoms with Crippen molar-refractivity contribution in [1.29, 1.82) is 0 Å². The zero-order valence-corrected chi connectivity index (χ0v) is 20.6. The van der Waals surface area contributed by atoms with E-state index in [9.17, 15) is 14.7 Å². The lowest BCUT2D eigenvalue weighted by Gasteiger charge is -2.26. The predicted molar refractivity (Wildman–Crippen MR) is 136 cm³/mol. The number of ether oxygens (including phenoxy) is 2. The van der Waals surface area contributed by atoms with Crippen LogP contribution in [0.5, 0.6) is 11.5 Å². The van der Waals surface area contributed by atoms with E-state index >= 15 is 0 Å². The normalized spacial score (nSPS) is 16.9. The maximum Gasteiger partial charge on any atom is 0.295 e. The summed E-state index contributed by atoms with van der Waals surface area (Å²) in [4.78, 5) is 32.0. The van der Waals surface area contributed by atoms with E-state index in [0.717, 1.165) is 6.42 Å². The topological polar surface area (TPSA) is 93.9 Å². The summed E-state index contributed by atoms with van der Waals surface area (Å²) in [5.74, 6) is -0.226. The summed E-state index contributed by atoms with van der Waals surface area (Å²) in [5.41, 5.74) is 1.22. The largest absolute Gasteiger partial charge is 0.507 e. The number of hydrogen-bond acceptors (Lipinski definition) is 6. The van der Waals surface area contributed by atoms with E-state index in [4.69, 9.17) is 9.47 Å². The van der Waals surface area contributed by atoms with Gasteiger partial charge < -0.3 is 24.0 Å². The lowest BCUT2D eigenvalue weighted by Crippen LogP contribution is -2.31. The van der Waals surface area contributed by atoms with E-state index in [1.165, 1.54) is 4.90 Å². The number of aryl methyl sites for hydroxylation is 1. The molecule has 0 aliphatic carbocycles. The van der Waals surface area contributed by atoms with E-state index in [1.54, 1.807) is 36.8 Å². The van der Waals surface area contributed by atoms with Gasteiger partial charge in [-0.1, -0.05) is 19.1 Å². The third-order valence-corrected chi connectivity index (χ3v) is 6.00. The standard InChI is InChI=1S/C28H31N3O5/c1-3-17-36-23-8-5-7-21(18-23)25-24(26(32)20-9-11-22(12-10-20)35-4-2)27(33)28(34)31(25)15-6-14-30-16-13-29-19-30/h5,7-13,16,18-19,25,32H,3-4,6,14-15,17H2,1-2H3/b26-24+/t25-/m0/s1. The second kappa shape index (κ2) is 11.6. The zero-order valence-electron chi connectivity index (χ0n) is 20.6. The van der Waals surface area contributed by atoms with E-state index < -0.39 is 17.7 Å². The lowest BCUT2D eigenvalue weighted by molar-refractivity contribution is -0.139. The quantitative estimate of drug-likeness (QED) is 0.241. The predicted octanol–water partition coefficient (Wildman–Crippen LogP) is 4.58. The number of aromatic nitrogens is 2. The fraction of sp³-hybridized carbons (Fsp3) is 0.321. The highest BCUT2D eigenvalue weighted by Gasteiger charge is 2.45. The minimum absolute atomic E-state index is 0.0689. The smallest absolute Gasteiger partial charge is 0.295 e. The maximum atomic E-state index is 13.3. The van der Waals surface area contributed by atoms with Gasteiger partial charge in [0.2, 0.25) is 0 Å². The summed E-state index contributed by atoms with van der Waals surface area (Å²) >= 11 is 0. The first-order chi connectivity index (χ1) is 17.5. The third-order valence-electron chi connectivity index (χ3n) is 6.00. The Morgan fingerprint density at radius 2 is 1.83 bits per heavy atom. The minimum Gasteiger partial charge on any atom is -0.507 e. The number of hydrogen-bond donors (Lipinski definition) is 1. The summed E-state index contributed by atoms with van der Waals surface area (Å²) in [6, 6.07) is 13.5. The van der Waals surface area contributed by atoms with Crippen LogP contribution in [0.2, 0.25) is 0 Å². The fourth-order valence-electron chi connectivity index (χ4n) is 4.33. The molecule has 0 bridgehead atoms. The molecule has 1 fully saturated rings. The number of aliphatic hydroxyl groups is 1. The summed E-state index contributed by atoms with van der Waals surface area (Å²) in [7, 11) is 0. The van der Waals surface area contributed by atoms with Crippen LogP contribution in [-0.4, -0.2) is 51.0 Å². The van der Waals surface area contributed by atoms with Crippen LogP contribution >= 0.6 is 0 Å². The molecule has 1 aliphatic heterocycles. The Kier molecular flexibility index (Phi) is 8.05. The summed E-state index contributed by atoms with van der Waals surface area (Å²) < 4.78 is 13.2. The molecule has 8 heteroatoms. The molecule has 2 aromatic carbocycles. The van der Waals surface area contributed by atoms with Crippen molar-refractivity contribution in [3.63, 3.8) is 0 Å². The molecule has 2 heterocycles. The maximum absolute atomic E-state index is 13.3. The van der Waals surface area contributed by atoms with Gasteiger partial charge in [-0.3, -0.25) is 9.59 Å². The van der Waals surface area contributed by atoms with E-state index in [0.29, 0.717) is 55.4 Å².